The van der Waals surface area contributed by atoms with Crippen molar-refractivity contribution < 1.29 is 57.9 Å². The van der Waals surface area contributed by atoms with Crippen LogP contribution in [0.15, 0.2) is 71.0 Å². The van der Waals surface area contributed by atoms with Gasteiger partial charge in [0.1, 0.15) is 35.3 Å². The monoisotopic (exact) mass is 902 g/mol. The van der Waals surface area contributed by atoms with E-state index in [1.165, 1.54) is 24.3 Å². The highest BCUT2D eigenvalue weighted by Crippen LogP contribution is 2.39. The zero-order valence-corrected chi connectivity index (χ0v) is 35.1. The highest BCUT2D eigenvalue weighted by molar-refractivity contribution is 8.00. The summed E-state index contributed by atoms with van der Waals surface area (Å²) in [6.07, 6.45) is 11.6. The van der Waals surface area contributed by atoms with E-state index < -0.39 is 23.9 Å². The highest BCUT2D eigenvalue weighted by atomic mass is 32.2. The van der Waals surface area contributed by atoms with Crippen molar-refractivity contribution in [3.63, 3.8) is 0 Å². The topological polar surface area (TPSA) is 267 Å². The SMILES string of the molecule is O=C(O)C(=O)O.O=C(O)CSc1cc(F)cc2c1OC(CNCCCNc1ncccn1)CC2.O=C(O)CSc1cc(F)cc2c1OC(CNCCCNc1ncccn1)CC2. The Bertz CT molecular complexity index is 1920. The number of hydrogen-bond acceptors (Lipinski definition) is 16. The van der Waals surface area contributed by atoms with Crippen molar-refractivity contribution in [2.75, 3.05) is 61.4 Å². The molecule has 0 spiro atoms. The molecule has 0 bridgehead atoms. The molecular formula is C40H48F2N8O10S2. The van der Waals surface area contributed by atoms with Crippen molar-refractivity contribution in [3.05, 3.63) is 83.9 Å². The van der Waals surface area contributed by atoms with E-state index in [0.29, 0.717) is 59.1 Å². The number of aromatic nitrogens is 4. The van der Waals surface area contributed by atoms with Crippen molar-refractivity contribution in [1.82, 2.24) is 30.6 Å². The van der Waals surface area contributed by atoms with E-state index in [2.05, 4.69) is 41.2 Å². The van der Waals surface area contributed by atoms with Crippen molar-refractivity contribution in [2.24, 2.45) is 0 Å². The van der Waals surface area contributed by atoms with Gasteiger partial charge in [-0.1, -0.05) is 0 Å². The van der Waals surface area contributed by atoms with Crippen LogP contribution in [0.1, 0.15) is 36.8 Å². The van der Waals surface area contributed by atoms with Crippen molar-refractivity contribution in [3.8, 4) is 11.5 Å². The lowest BCUT2D eigenvalue weighted by Gasteiger charge is -2.28. The number of aryl methyl sites for hydroxylation is 2. The maximum absolute atomic E-state index is 13.8. The number of carbonyl (C=O) groups is 4. The fourth-order valence-electron chi connectivity index (χ4n) is 5.88. The van der Waals surface area contributed by atoms with Crippen LogP contribution >= 0.6 is 23.5 Å². The zero-order chi connectivity index (χ0) is 44.7. The number of benzene rings is 2. The molecule has 2 aliphatic heterocycles. The number of carboxylic acids is 4. The Hall–Kier alpha value is -5.84. The van der Waals surface area contributed by atoms with Crippen molar-refractivity contribution >= 4 is 59.3 Å². The number of aliphatic carboxylic acids is 4. The van der Waals surface area contributed by atoms with Crippen LogP contribution in [-0.2, 0) is 32.0 Å². The normalized spacial score (nSPS) is 14.7. The lowest BCUT2D eigenvalue weighted by molar-refractivity contribution is -0.159. The second kappa shape index (κ2) is 26.5. The van der Waals surface area contributed by atoms with Gasteiger partial charge in [-0.3, -0.25) is 9.59 Å². The maximum Gasteiger partial charge on any atom is 0.414 e. The van der Waals surface area contributed by atoms with Crippen LogP contribution in [0.3, 0.4) is 0 Å². The summed E-state index contributed by atoms with van der Waals surface area (Å²) in [5.74, 6) is -4.02. The second-order valence-corrected chi connectivity index (χ2v) is 15.5. The largest absolute Gasteiger partial charge is 0.488 e. The molecule has 4 heterocycles. The van der Waals surface area contributed by atoms with Gasteiger partial charge in [0.15, 0.2) is 0 Å². The molecule has 0 fully saturated rings. The fourth-order valence-corrected chi connectivity index (χ4v) is 7.45. The van der Waals surface area contributed by atoms with Gasteiger partial charge in [0, 0.05) is 51.0 Å². The molecule has 6 rings (SSSR count). The van der Waals surface area contributed by atoms with Crippen LogP contribution < -0.4 is 30.7 Å². The van der Waals surface area contributed by atoms with Crippen LogP contribution in [0, 0.1) is 11.6 Å². The van der Waals surface area contributed by atoms with Gasteiger partial charge in [-0.2, -0.15) is 0 Å². The van der Waals surface area contributed by atoms with Crippen LogP contribution in [0.5, 0.6) is 11.5 Å². The highest BCUT2D eigenvalue weighted by Gasteiger charge is 2.25. The number of carboxylic acid groups (broad SMARTS) is 4. The molecule has 62 heavy (non-hydrogen) atoms. The predicted octanol–water partition coefficient (Wildman–Crippen LogP) is 4.31. The Balaban J connectivity index is 0.000000241. The maximum atomic E-state index is 13.8. The van der Waals surface area contributed by atoms with E-state index in [0.717, 1.165) is 86.5 Å². The standard InChI is InChI=1S/2C19H23FN4O3S.C2H2O4/c2*20-14-9-13-3-4-15(27-18(13)16(10-14)28-12-17(25)26)11-21-5-1-6-22-19-23-7-2-8-24-19;3-1(4)2(5)6/h2*2,7-10,15,21H,1,3-6,11-12H2,(H,25,26)(H,22,23,24);(H,3,4)(H,5,6). The molecule has 22 heteroatoms. The van der Waals surface area contributed by atoms with Crippen molar-refractivity contribution in [1.29, 1.82) is 0 Å². The van der Waals surface area contributed by atoms with E-state index in [4.69, 9.17) is 39.5 Å². The van der Waals surface area contributed by atoms with Gasteiger partial charge < -0.3 is 51.2 Å². The van der Waals surface area contributed by atoms with Gasteiger partial charge in [-0.05, 0) is 99.1 Å². The lowest BCUT2D eigenvalue weighted by atomic mass is 10.0. The minimum Gasteiger partial charge on any atom is -0.488 e. The number of rotatable bonds is 20. The molecule has 2 aromatic carbocycles. The summed E-state index contributed by atoms with van der Waals surface area (Å²) in [5, 5.41) is 45.6. The molecule has 0 amide bonds. The Kier molecular flexibility index (Phi) is 20.9. The first-order valence-electron chi connectivity index (χ1n) is 19.4. The van der Waals surface area contributed by atoms with Gasteiger partial charge in [-0.25, -0.2) is 38.3 Å². The molecule has 0 aliphatic carbocycles. The minimum absolute atomic E-state index is 0.0208. The third-order valence-electron chi connectivity index (χ3n) is 8.62. The van der Waals surface area contributed by atoms with E-state index in [1.807, 2.05) is 0 Å². The van der Waals surface area contributed by atoms with E-state index in [9.17, 15) is 18.4 Å². The zero-order valence-electron chi connectivity index (χ0n) is 33.4. The Morgan fingerprint density at radius 1 is 0.613 bits per heavy atom. The Morgan fingerprint density at radius 2 is 1.00 bits per heavy atom. The second-order valence-electron chi connectivity index (χ2n) is 13.4. The third kappa shape index (κ3) is 18.0. The number of nitrogens with zero attached hydrogens (tertiary/aromatic N) is 4. The van der Waals surface area contributed by atoms with Crippen LogP contribution in [-0.4, -0.2) is 127 Å². The van der Waals surface area contributed by atoms with Gasteiger partial charge in [-0.15, -0.1) is 23.5 Å². The number of nitrogens with one attached hydrogen (secondary N) is 4. The predicted molar refractivity (Wildman–Crippen MR) is 226 cm³/mol. The molecule has 2 unspecified atom stereocenters. The molecule has 0 saturated carbocycles. The molecular weight excluding hydrogens is 855 g/mol. The quantitative estimate of drug-likeness (QED) is 0.0349. The minimum atomic E-state index is -1.82. The molecule has 18 nitrogen and oxygen atoms in total. The molecule has 4 aromatic rings. The Labute approximate surface area is 364 Å². The number of fused-ring (bicyclic) bond motifs is 2. The molecule has 2 atom stereocenters. The molecule has 334 valence electrons. The fraction of sp³-hybridized carbons (Fsp3) is 0.400. The molecule has 2 aliphatic rings. The summed E-state index contributed by atoms with van der Waals surface area (Å²) in [7, 11) is 0. The van der Waals surface area contributed by atoms with Gasteiger partial charge in [0.25, 0.3) is 0 Å². The first-order chi connectivity index (χ1) is 29.9. The number of halogens is 2. The summed E-state index contributed by atoms with van der Waals surface area (Å²) < 4.78 is 39.6. The van der Waals surface area contributed by atoms with E-state index >= 15 is 0 Å². The summed E-state index contributed by atoms with van der Waals surface area (Å²) >= 11 is 2.17. The van der Waals surface area contributed by atoms with Crippen LogP contribution in [0.4, 0.5) is 20.7 Å². The third-order valence-corrected chi connectivity index (χ3v) is 10.6. The number of hydrogen-bond donors (Lipinski definition) is 8. The van der Waals surface area contributed by atoms with Gasteiger partial charge in [0.05, 0.1) is 21.3 Å². The molecule has 0 radical (unpaired) electrons. The molecule has 0 saturated heterocycles. The van der Waals surface area contributed by atoms with E-state index in [1.54, 1.807) is 36.9 Å². The smallest absolute Gasteiger partial charge is 0.414 e. The van der Waals surface area contributed by atoms with Crippen LogP contribution in [0.25, 0.3) is 0 Å². The average molecular weight is 903 g/mol. The van der Waals surface area contributed by atoms with Gasteiger partial charge in [0.2, 0.25) is 11.9 Å². The number of ether oxygens (including phenoxy) is 2. The number of anilines is 2. The summed E-state index contributed by atoms with van der Waals surface area (Å²) in [6.45, 7) is 4.53. The van der Waals surface area contributed by atoms with E-state index in [-0.39, 0.29) is 35.3 Å². The average Bonchev–Trinajstić information content (AvgIpc) is 3.25. The molecule has 2 aromatic heterocycles. The first kappa shape index (κ1) is 48.8. The summed E-state index contributed by atoms with van der Waals surface area (Å²) in [6, 6.07) is 9.19. The van der Waals surface area contributed by atoms with Crippen LogP contribution in [0.2, 0.25) is 0 Å². The lowest BCUT2D eigenvalue weighted by Crippen LogP contribution is -2.35. The first-order valence-corrected chi connectivity index (χ1v) is 21.4. The summed E-state index contributed by atoms with van der Waals surface area (Å²) in [5.41, 5.74) is 1.60. The van der Waals surface area contributed by atoms with Gasteiger partial charge >= 0.3 is 23.9 Å². The summed E-state index contributed by atoms with van der Waals surface area (Å²) in [4.78, 5) is 57.4. The number of thioether (sulfide) groups is 2. The van der Waals surface area contributed by atoms with Crippen molar-refractivity contribution in [2.45, 2.75) is 60.5 Å². The molecule has 8 N–H and O–H groups in total. The Morgan fingerprint density at radius 3 is 1.35 bits per heavy atom.